The average molecular weight is 263 g/mol. The molecular formula is C14H18FN3O. The van der Waals surface area contributed by atoms with Crippen LogP contribution in [0.2, 0.25) is 0 Å². The Morgan fingerprint density at radius 1 is 1.26 bits per heavy atom. The normalized spacial score (nSPS) is 11.2. The van der Waals surface area contributed by atoms with Crippen molar-refractivity contribution in [3.63, 3.8) is 0 Å². The van der Waals surface area contributed by atoms with Gasteiger partial charge in [-0.3, -0.25) is 9.13 Å². The molecule has 1 aromatic carbocycles. The largest absolute Gasteiger partial charge is 0.328 e. The summed E-state index contributed by atoms with van der Waals surface area (Å²) in [4.78, 5) is 12.1. The van der Waals surface area contributed by atoms with Crippen molar-refractivity contribution >= 4 is 0 Å². The van der Waals surface area contributed by atoms with E-state index in [2.05, 4.69) is 0 Å². The zero-order chi connectivity index (χ0) is 14.0. The van der Waals surface area contributed by atoms with Crippen LogP contribution in [0.15, 0.2) is 35.4 Å². The van der Waals surface area contributed by atoms with Crippen molar-refractivity contribution in [1.29, 1.82) is 0 Å². The number of aromatic nitrogens is 2. The second kappa shape index (κ2) is 5.40. The van der Waals surface area contributed by atoms with Gasteiger partial charge in [0, 0.05) is 25.0 Å². The van der Waals surface area contributed by atoms with Gasteiger partial charge in [-0.1, -0.05) is 6.07 Å². The molecular weight excluding hydrogens is 245 g/mol. The van der Waals surface area contributed by atoms with E-state index in [0.717, 1.165) is 11.1 Å². The van der Waals surface area contributed by atoms with Crippen molar-refractivity contribution < 1.29 is 4.39 Å². The summed E-state index contributed by atoms with van der Waals surface area (Å²) >= 11 is 0. The van der Waals surface area contributed by atoms with Crippen molar-refractivity contribution in [3.8, 4) is 0 Å². The molecule has 0 fully saturated rings. The van der Waals surface area contributed by atoms with E-state index in [9.17, 15) is 9.18 Å². The van der Waals surface area contributed by atoms with Gasteiger partial charge >= 0.3 is 5.69 Å². The number of benzene rings is 1. The van der Waals surface area contributed by atoms with Crippen LogP contribution in [-0.2, 0) is 13.1 Å². The summed E-state index contributed by atoms with van der Waals surface area (Å²) in [5, 5.41) is 0. The summed E-state index contributed by atoms with van der Waals surface area (Å²) in [5.41, 5.74) is 7.13. The van der Waals surface area contributed by atoms with E-state index in [0.29, 0.717) is 6.54 Å². The Kier molecular flexibility index (Phi) is 3.85. The van der Waals surface area contributed by atoms with Crippen LogP contribution in [0.4, 0.5) is 4.39 Å². The third-order valence-electron chi connectivity index (χ3n) is 3.16. The highest BCUT2D eigenvalue weighted by Gasteiger charge is 2.09. The Morgan fingerprint density at radius 3 is 2.58 bits per heavy atom. The fourth-order valence-corrected chi connectivity index (χ4v) is 2.06. The van der Waals surface area contributed by atoms with Crippen molar-refractivity contribution in [2.24, 2.45) is 5.73 Å². The number of halogens is 1. The van der Waals surface area contributed by atoms with Gasteiger partial charge in [0.15, 0.2) is 0 Å². The first-order valence-electron chi connectivity index (χ1n) is 6.27. The van der Waals surface area contributed by atoms with Crippen LogP contribution in [0.1, 0.15) is 31.0 Å². The molecule has 0 bridgehead atoms. The second-order valence-electron chi connectivity index (χ2n) is 4.83. The van der Waals surface area contributed by atoms with E-state index in [1.165, 1.54) is 12.1 Å². The van der Waals surface area contributed by atoms with Gasteiger partial charge in [-0.15, -0.1) is 0 Å². The molecule has 0 aliphatic rings. The van der Waals surface area contributed by atoms with Crippen LogP contribution in [0.3, 0.4) is 0 Å². The number of imidazole rings is 1. The summed E-state index contributed by atoms with van der Waals surface area (Å²) in [6.45, 7) is 4.57. The van der Waals surface area contributed by atoms with Crippen molar-refractivity contribution in [1.82, 2.24) is 9.13 Å². The molecule has 0 radical (unpaired) electrons. The standard InChI is InChI=1S/C14H18FN3O/c1-10(2)18-6-5-17(14(18)19)9-11-3-4-13(15)7-12(11)8-16/h3-7,10H,8-9,16H2,1-2H3. The molecule has 4 nitrogen and oxygen atoms in total. The topological polar surface area (TPSA) is 52.9 Å². The van der Waals surface area contributed by atoms with Crippen LogP contribution in [0, 0.1) is 5.82 Å². The van der Waals surface area contributed by atoms with E-state index in [-0.39, 0.29) is 24.1 Å². The number of rotatable bonds is 4. The first-order chi connectivity index (χ1) is 9.02. The zero-order valence-electron chi connectivity index (χ0n) is 11.1. The van der Waals surface area contributed by atoms with Gasteiger partial charge in [0.05, 0.1) is 6.54 Å². The first-order valence-corrected chi connectivity index (χ1v) is 6.27. The van der Waals surface area contributed by atoms with Gasteiger partial charge in [-0.2, -0.15) is 0 Å². The lowest BCUT2D eigenvalue weighted by atomic mass is 10.1. The van der Waals surface area contributed by atoms with Gasteiger partial charge in [0.2, 0.25) is 0 Å². The lowest BCUT2D eigenvalue weighted by Gasteiger charge is -2.09. The summed E-state index contributed by atoms with van der Waals surface area (Å²) < 4.78 is 16.4. The summed E-state index contributed by atoms with van der Waals surface area (Å²) in [5.74, 6) is -0.309. The quantitative estimate of drug-likeness (QED) is 0.915. The molecule has 0 saturated heterocycles. The lowest BCUT2D eigenvalue weighted by molar-refractivity contribution is 0.560. The second-order valence-corrected chi connectivity index (χ2v) is 4.83. The number of hydrogen-bond donors (Lipinski definition) is 1. The Hall–Kier alpha value is -1.88. The maximum Gasteiger partial charge on any atom is 0.328 e. The van der Waals surface area contributed by atoms with E-state index in [4.69, 9.17) is 5.73 Å². The summed E-state index contributed by atoms with van der Waals surface area (Å²) in [6, 6.07) is 4.60. The smallest absolute Gasteiger partial charge is 0.326 e. The Balaban J connectivity index is 2.34. The van der Waals surface area contributed by atoms with Crippen LogP contribution < -0.4 is 11.4 Å². The maximum atomic E-state index is 13.1. The Morgan fingerprint density at radius 2 is 2.00 bits per heavy atom. The van der Waals surface area contributed by atoms with Gasteiger partial charge < -0.3 is 5.73 Å². The highest BCUT2D eigenvalue weighted by molar-refractivity contribution is 5.28. The minimum atomic E-state index is -0.309. The Bertz CT molecular complexity index is 628. The molecule has 0 aliphatic heterocycles. The van der Waals surface area contributed by atoms with Crippen molar-refractivity contribution in [2.75, 3.05) is 0 Å². The molecule has 2 rings (SSSR count). The highest BCUT2D eigenvalue weighted by Crippen LogP contribution is 2.12. The molecule has 2 aromatic rings. The third kappa shape index (κ3) is 2.76. The molecule has 0 atom stereocenters. The summed E-state index contributed by atoms with van der Waals surface area (Å²) in [6.07, 6.45) is 3.50. The number of nitrogens with zero attached hydrogens (tertiary/aromatic N) is 2. The average Bonchev–Trinajstić information content (AvgIpc) is 2.73. The molecule has 0 spiro atoms. The minimum absolute atomic E-state index is 0.0673. The van der Waals surface area contributed by atoms with Crippen LogP contribution in [-0.4, -0.2) is 9.13 Å². The first kappa shape index (κ1) is 13.5. The fourth-order valence-electron chi connectivity index (χ4n) is 2.06. The van der Waals surface area contributed by atoms with Crippen molar-refractivity contribution in [3.05, 3.63) is 58.0 Å². The molecule has 1 heterocycles. The Labute approximate surface area is 111 Å². The molecule has 0 unspecified atom stereocenters. The van der Waals surface area contributed by atoms with E-state index in [1.807, 2.05) is 13.8 Å². The molecule has 1 aromatic heterocycles. The monoisotopic (exact) mass is 263 g/mol. The van der Waals surface area contributed by atoms with Crippen LogP contribution in [0.5, 0.6) is 0 Å². The predicted octanol–water partition coefficient (Wildman–Crippen LogP) is 1.88. The van der Waals surface area contributed by atoms with Crippen LogP contribution >= 0.6 is 0 Å². The predicted molar refractivity (Wildman–Crippen MR) is 72.5 cm³/mol. The van der Waals surface area contributed by atoms with Gasteiger partial charge in [-0.25, -0.2) is 9.18 Å². The fraction of sp³-hybridized carbons (Fsp3) is 0.357. The third-order valence-corrected chi connectivity index (χ3v) is 3.16. The molecule has 2 N–H and O–H groups in total. The number of hydrogen-bond acceptors (Lipinski definition) is 2. The number of nitrogens with two attached hydrogens (primary N) is 1. The van der Waals surface area contributed by atoms with E-state index < -0.39 is 0 Å². The van der Waals surface area contributed by atoms with E-state index in [1.54, 1.807) is 27.6 Å². The van der Waals surface area contributed by atoms with Crippen molar-refractivity contribution in [2.45, 2.75) is 33.0 Å². The zero-order valence-corrected chi connectivity index (χ0v) is 11.1. The van der Waals surface area contributed by atoms with Crippen LogP contribution in [0.25, 0.3) is 0 Å². The van der Waals surface area contributed by atoms with Gasteiger partial charge in [-0.05, 0) is 37.1 Å². The molecule has 0 amide bonds. The van der Waals surface area contributed by atoms with Gasteiger partial charge in [0.25, 0.3) is 0 Å². The molecule has 0 saturated carbocycles. The maximum absolute atomic E-state index is 13.1. The molecule has 19 heavy (non-hydrogen) atoms. The molecule has 0 aliphatic carbocycles. The highest BCUT2D eigenvalue weighted by atomic mass is 19.1. The lowest BCUT2D eigenvalue weighted by Crippen LogP contribution is -2.26. The SMILES string of the molecule is CC(C)n1ccn(Cc2ccc(F)cc2CN)c1=O. The summed E-state index contributed by atoms with van der Waals surface area (Å²) in [7, 11) is 0. The van der Waals surface area contributed by atoms with E-state index >= 15 is 0 Å². The minimum Gasteiger partial charge on any atom is -0.326 e. The molecule has 102 valence electrons. The molecule has 5 heteroatoms. The van der Waals surface area contributed by atoms with Gasteiger partial charge in [0.1, 0.15) is 5.82 Å².